The van der Waals surface area contributed by atoms with Gasteiger partial charge in [0.15, 0.2) is 0 Å². The maximum absolute atomic E-state index is 12.6. The topological polar surface area (TPSA) is 58.4 Å². The summed E-state index contributed by atoms with van der Waals surface area (Å²) >= 11 is 0. The van der Waals surface area contributed by atoms with Crippen molar-refractivity contribution in [3.8, 4) is 0 Å². The number of benzene rings is 1. The largest absolute Gasteiger partial charge is 0.326 e. The fourth-order valence-corrected chi connectivity index (χ4v) is 4.04. The molecule has 1 aliphatic carbocycles. The SMILES string of the molecule is CC1(C)CN(C(=O)Nc2ccc(CN)cc2)C2CCCC21. The number of nitrogens with one attached hydrogen (secondary N) is 1. The molecule has 0 radical (unpaired) electrons. The minimum absolute atomic E-state index is 0.0398. The summed E-state index contributed by atoms with van der Waals surface area (Å²) in [4.78, 5) is 14.6. The first-order valence-electron chi connectivity index (χ1n) is 7.88. The lowest BCUT2D eigenvalue weighted by Gasteiger charge is -2.24. The van der Waals surface area contributed by atoms with E-state index < -0.39 is 0 Å². The van der Waals surface area contributed by atoms with E-state index in [0.717, 1.165) is 24.2 Å². The van der Waals surface area contributed by atoms with E-state index in [9.17, 15) is 4.79 Å². The van der Waals surface area contributed by atoms with Gasteiger partial charge in [-0.15, -0.1) is 0 Å². The zero-order valence-corrected chi connectivity index (χ0v) is 12.9. The van der Waals surface area contributed by atoms with Gasteiger partial charge in [0, 0.05) is 24.8 Å². The summed E-state index contributed by atoms with van der Waals surface area (Å²) in [5.74, 6) is 0.655. The molecule has 3 N–H and O–H groups in total. The number of hydrogen-bond donors (Lipinski definition) is 2. The number of amides is 2. The van der Waals surface area contributed by atoms with Crippen molar-refractivity contribution in [2.45, 2.75) is 45.7 Å². The average Bonchev–Trinajstić information content (AvgIpc) is 3.03. The number of nitrogens with two attached hydrogens (primary N) is 1. The number of carbonyl (C=O) groups excluding carboxylic acids is 1. The van der Waals surface area contributed by atoms with Crippen LogP contribution in [-0.2, 0) is 6.54 Å². The van der Waals surface area contributed by atoms with Gasteiger partial charge in [0.25, 0.3) is 0 Å². The average molecular weight is 287 g/mol. The maximum Gasteiger partial charge on any atom is 0.322 e. The van der Waals surface area contributed by atoms with Crippen molar-refractivity contribution in [2.75, 3.05) is 11.9 Å². The number of carbonyl (C=O) groups is 1. The molecule has 0 bridgehead atoms. The van der Waals surface area contributed by atoms with Crippen molar-refractivity contribution in [3.05, 3.63) is 29.8 Å². The molecule has 2 amide bonds. The molecule has 3 rings (SSSR count). The third-order valence-corrected chi connectivity index (χ3v) is 5.16. The minimum Gasteiger partial charge on any atom is -0.326 e. The molecule has 1 aliphatic heterocycles. The van der Waals surface area contributed by atoms with Gasteiger partial charge in [0.1, 0.15) is 0 Å². The van der Waals surface area contributed by atoms with E-state index in [1.54, 1.807) is 0 Å². The zero-order valence-electron chi connectivity index (χ0n) is 12.9. The first-order valence-corrected chi connectivity index (χ1v) is 7.88. The Morgan fingerprint density at radius 1 is 1.33 bits per heavy atom. The summed E-state index contributed by atoms with van der Waals surface area (Å²) in [7, 11) is 0. The van der Waals surface area contributed by atoms with Crippen molar-refractivity contribution in [2.24, 2.45) is 17.1 Å². The highest BCUT2D eigenvalue weighted by molar-refractivity contribution is 5.89. The highest BCUT2D eigenvalue weighted by Crippen LogP contribution is 2.48. The fraction of sp³-hybridized carbons (Fsp3) is 0.588. The van der Waals surface area contributed by atoms with Gasteiger partial charge in [-0.05, 0) is 41.9 Å². The smallest absolute Gasteiger partial charge is 0.322 e. The summed E-state index contributed by atoms with van der Waals surface area (Å²) in [6, 6.07) is 8.23. The molecular formula is C17H25N3O. The van der Waals surface area contributed by atoms with Crippen LogP contribution in [0, 0.1) is 11.3 Å². The summed E-state index contributed by atoms with van der Waals surface area (Å²) in [5.41, 5.74) is 7.75. The van der Waals surface area contributed by atoms with Gasteiger partial charge in [-0.1, -0.05) is 32.4 Å². The monoisotopic (exact) mass is 287 g/mol. The summed E-state index contributed by atoms with van der Waals surface area (Å²) < 4.78 is 0. The number of likely N-dealkylation sites (tertiary alicyclic amines) is 1. The highest BCUT2D eigenvalue weighted by atomic mass is 16.2. The predicted molar refractivity (Wildman–Crippen MR) is 85.0 cm³/mol. The Balaban J connectivity index is 1.70. The molecule has 2 atom stereocenters. The van der Waals surface area contributed by atoms with Crippen LogP contribution in [-0.4, -0.2) is 23.5 Å². The van der Waals surface area contributed by atoms with Crippen LogP contribution in [0.2, 0.25) is 0 Å². The molecule has 0 spiro atoms. The van der Waals surface area contributed by atoms with Crippen molar-refractivity contribution in [1.82, 2.24) is 4.90 Å². The predicted octanol–water partition coefficient (Wildman–Crippen LogP) is 3.19. The van der Waals surface area contributed by atoms with Crippen molar-refractivity contribution >= 4 is 11.7 Å². The third kappa shape index (κ3) is 2.64. The van der Waals surface area contributed by atoms with Crippen molar-refractivity contribution in [3.63, 3.8) is 0 Å². The minimum atomic E-state index is 0.0398. The van der Waals surface area contributed by atoms with E-state index in [1.165, 1.54) is 12.8 Å². The van der Waals surface area contributed by atoms with Crippen molar-refractivity contribution < 1.29 is 4.79 Å². The Morgan fingerprint density at radius 3 is 2.71 bits per heavy atom. The van der Waals surface area contributed by atoms with E-state index >= 15 is 0 Å². The van der Waals surface area contributed by atoms with Crippen LogP contribution in [0.4, 0.5) is 10.5 Å². The van der Waals surface area contributed by atoms with E-state index in [-0.39, 0.29) is 11.4 Å². The van der Waals surface area contributed by atoms with Crippen LogP contribution < -0.4 is 11.1 Å². The Morgan fingerprint density at radius 2 is 2.05 bits per heavy atom. The van der Waals surface area contributed by atoms with Crippen LogP contribution >= 0.6 is 0 Å². The second-order valence-electron chi connectivity index (χ2n) is 7.05. The van der Waals surface area contributed by atoms with Gasteiger partial charge in [0.2, 0.25) is 0 Å². The first kappa shape index (κ1) is 14.4. The fourth-order valence-electron chi connectivity index (χ4n) is 4.04. The van der Waals surface area contributed by atoms with E-state index in [2.05, 4.69) is 24.1 Å². The lowest BCUT2D eigenvalue weighted by molar-refractivity contribution is 0.202. The van der Waals surface area contributed by atoms with Crippen LogP contribution in [0.25, 0.3) is 0 Å². The van der Waals surface area contributed by atoms with Gasteiger partial charge < -0.3 is 16.0 Å². The van der Waals surface area contributed by atoms with E-state index in [4.69, 9.17) is 5.73 Å². The summed E-state index contributed by atoms with van der Waals surface area (Å²) in [6.45, 7) is 5.96. The number of hydrogen-bond acceptors (Lipinski definition) is 2. The number of rotatable bonds is 2. The molecule has 1 aromatic rings. The molecule has 0 aromatic heterocycles. The summed E-state index contributed by atoms with van der Waals surface area (Å²) in [6.07, 6.45) is 3.65. The van der Waals surface area contributed by atoms with Crippen LogP contribution in [0.15, 0.2) is 24.3 Å². The standard InChI is InChI=1S/C17H25N3O/c1-17(2)11-20(15-5-3-4-14(15)17)16(21)19-13-8-6-12(10-18)7-9-13/h6-9,14-15H,3-5,10-11,18H2,1-2H3,(H,19,21). The lowest BCUT2D eigenvalue weighted by atomic mass is 9.80. The first-order chi connectivity index (χ1) is 10.0. The quantitative estimate of drug-likeness (QED) is 0.877. The Labute approximate surface area is 126 Å². The normalized spacial score (nSPS) is 26.7. The van der Waals surface area contributed by atoms with Gasteiger partial charge in [-0.2, -0.15) is 0 Å². The zero-order chi connectivity index (χ0) is 15.0. The van der Waals surface area contributed by atoms with Crippen LogP contribution in [0.5, 0.6) is 0 Å². The van der Waals surface area contributed by atoms with Gasteiger partial charge in [-0.3, -0.25) is 0 Å². The molecule has 2 fully saturated rings. The Kier molecular flexibility index (Phi) is 3.66. The maximum atomic E-state index is 12.6. The van der Waals surface area contributed by atoms with E-state index in [1.807, 2.05) is 24.3 Å². The third-order valence-electron chi connectivity index (χ3n) is 5.16. The van der Waals surface area contributed by atoms with Gasteiger partial charge >= 0.3 is 6.03 Å². The molecule has 1 saturated heterocycles. The molecule has 4 nitrogen and oxygen atoms in total. The molecular weight excluding hydrogens is 262 g/mol. The van der Waals surface area contributed by atoms with Gasteiger partial charge in [-0.25, -0.2) is 4.79 Å². The van der Waals surface area contributed by atoms with E-state index in [0.29, 0.717) is 18.5 Å². The molecule has 2 aliphatic rings. The lowest BCUT2D eigenvalue weighted by Crippen LogP contribution is -2.39. The molecule has 2 unspecified atom stereocenters. The number of fused-ring (bicyclic) bond motifs is 1. The molecule has 21 heavy (non-hydrogen) atoms. The highest BCUT2D eigenvalue weighted by Gasteiger charge is 2.50. The second-order valence-corrected chi connectivity index (χ2v) is 7.05. The molecule has 114 valence electrons. The molecule has 1 aromatic carbocycles. The Bertz CT molecular complexity index is 523. The molecule has 1 saturated carbocycles. The molecule has 1 heterocycles. The molecule has 4 heteroatoms. The number of nitrogens with zero attached hydrogens (tertiary/aromatic N) is 1. The second kappa shape index (κ2) is 5.34. The van der Waals surface area contributed by atoms with Crippen LogP contribution in [0.3, 0.4) is 0 Å². The summed E-state index contributed by atoms with van der Waals surface area (Å²) in [5, 5.41) is 3.03. The Hall–Kier alpha value is -1.55. The number of anilines is 1. The van der Waals surface area contributed by atoms with Crippen LogP contribution in [0.1, 0.15) is 38.7 Å². The number of urea groups is 1. The van der Waals surface area contributed by atoms with Gasteiger partial charge in [0.05, 0.1) is 0 Å². The van der Waals surface area contributed by atoms with Crippen molar-refractivity contribution in [1.29, 1.82) is 0 Å².